The van der Waals surface area contributed by atoms with Crippen molar-refractivity contribution >= 4 is 11.8 Å². The summed E-state index contributed by atoms with van der Waals surface area (Å²) in [6.07, 6.45) is 1.93. The first-order valence-corrected chi connectivity index (χ1v) is 3.33. The van der Waals surface area contributed by atoms with Crippen LogP contribution in [0.4, 0.5) is 0 Å². The first kappa shape index (κ1) is 11.1. The van der Waals surface area contributed by atoms with E-state index in [1.807, 2.05) is 0 Å². The Morgan fingerprint density at radius 3 is 2.69 bits per heavy atom. The van der Waals surface area contributed by atoms with Crippen LogP contribution < -0.4 is 5.32 Å². The minimum Gasteiger partial charge on any atom is -0.480 e. The highest BCUT2D eigenvalue weighted by Crippen LogP contribution is 1.82. The van der Waals surface area contributed by atoms with Crippen molar-refractivity contribution in [3.8, 4) is 0 Å². The number of carboxylic acids is 1. The highest BCUT2D eigenvalue weighted by atomic mass is 16.6. The molecule has 0 heterocycles. The average molecular weight is 187 g/mol. The van der Waals surface area contributed by atoms with E-state index in [1.54, 1.807) is 0 Å². The van der Waals surface area contributed by atoms with Gasteiger partial charge in [-0.15, -0.1) is 0 Å². The van der Waals surface area contributed by atoms with Crippen molar-refractivity contribution in [1.82, 2.24) is 5.32 Å². The first-order chi connectivity index (χ1) is 5.95. The molecule has 0 radical (unpaired) electrons. The lowest BCUT2D eigenvalue weighted by atomic mass is 10.3. The van der Waals surface area contributed by atoms with E-state index >= 15 is 0 Å². The van der Waals surface area contributed by atoms with E-state index in [1.165, 1.54) is 6.92 Å². The van der Waals surface area contributed by atoms with E-state index in [4.69, 9.17) is 10.5 Å². The third kappa shape index (κ3) is 4.51. The molecular formula is C6H9N3O4. The van der Waals surface area contributed by atoms with Gasteiger partial charge in [-0.2, -0.15) is 0 Å². The van der Waals surface area contributed by atoms with Crippen LogP contribution in [0.1, 0.15) is 6.92 Å². The quantitative estimate of drug-likeness (QED) is 0.244. The second-order valence-corrected chi connectivity index (χ2v) is 2.20. The first-order valence-electron chi connectivity index (χ1n) is 3.33. The highest BCUT2D eigenvalue weighted by molar-refractivity contribution is 5.82. The van der Waals surface area contributed by atoms with Gasteiger partial charge in [0.1, 0.15) is 6.04 Å². The van der Waals surface area contributed by atoms with Gasteiger partial charge >= 0.3 is 11.8 Å². The third-order valence-electron chi connectivity index (χ3n) is 1.15. The molecule has 0 aromatic carbocycles. The molecule has 0 aromatic rings. The summed E-state index contributed by atoms with van der Waals surface area (Å²) in [4.78, 5) is 19.2. The molecule has 0 rings (SSSR count). The van der Waals surface area contributed by atoms with Crippen molar-refractivity contribution in [3.63, 3.8) is 0 Å². The molecule has 72 valence electrons. The van der Waals surface area contributed by atoms with Gasteiger partial charge < -0.3 is 20.5 Å². The van der Waals surface area contributed by atoms with E-state index in [2.05, 4.69) is 5.32 Å². The highest BCUT2D eigenvalue weighted by Gasteiger charge is 2.07. The predicted octanol–water partition coefficient (Wildman–Crippen LogP) is -0.183. The lowest BCUT2D eigenvalue weighted by molar-refractivity contribution is -0.349. The molecule has 0 aliphatic heterocycles. The van der Waals surface area contributed by atoms with Crippen LogP contribution >= 0.6 is 0 Å². The van der Waals surface area contributed by atoms with E-state index in [0.717, 1.165) is 12.3 Å². The van der Waals surface area contributed by atoms with Crippen LogP contribution in [0.15, 0.2) is 12.3 Å². The number of nitrogens with zero attached hydrogens (tertiary/aromatic N) is 1. The number of nitro groups is 1. The van der Waals surface area contributed by atoms with Gasteiger partial charge in [0.05, 0.1) is 6.08 Å². The SMILES string of the molecule is C[C@H](N/C=C\C(=N)[N+](=O)[O-])C(=O)O. The zero-order valence-corrected chi connectivity index (χ0v) is 6.85. The number of hydrogen-bond acceptors (Lipinski definition) is 5. The van der Waals surface area contributed by atoms with Gasteiger partial charge in [-0.25, -0.2) is 0 Å². The molecule has 0 saturated heterocycles. The second kappa shape index (κ2) is 4.86. The monoisotopic (exact) mass is 187 g/mol. The van der Waals surface area contributed by atoms with Crippen molar-refractivity contribution in [2.24, 2.45) is 0 Å². The number of aliphatic carboxylic acids is 1. The van der Waals surface area contributed by atoms with Crippen LogP contribution in [0.2, 0.25) is 0 Å². The molecule has 1 atom stereocenters. The number of amidine groups is 1. The summed E-state index contributed by atoms with van der Waals surface area (Å²) >= 11 is 0. The van der Waals surface area contributed by atoms with Gasteiger partial charge in [-0.3, -0.25) is 4.79 Å². The Morgan fingerprint density at radius 2 is 2.31 bits per heavy atom. The van der Waals surface area contributed by atoms with E-state index in [0.29, 0.717) is 0 Å². The summed E-state index contributed by atoms with van der Waals surface area (Å²) in [5, 5.41) is 27.3. The Labute approximate surface area is 73.7 Å². The summed E-state index contributed by atoms with van der Waals surface area (Å²) in [5.74, 6) is -1.87. The van der Waals surface area contributed by atoms with Crippen LogP contribution in [0.5, 0.6) is 0 Å². The summed E-state index contributed by atoms with van der Waals surface area (Å²) in [5.41, 5.74) is 0. The maximum Gasteiger partial charge on any atom is 0.357 e. The summed E-state index contributed by atoms with van der Waals surface area (Å²) in [7, 11) is 0. The van der Waals surface area contributed by atoms with Crippen LogP contribution in [0, 0.1) is 15.5 Å². The lowest BCUT2D eigenvalue weighted by Crippen LogP contribution is -2.29. The third-order valence-corrected chi connectivity index (χ3v) is 1.15. The smallest absolute Gasteiger partial charge is 0.357 e. The molecule has 0 aliphatic rings. The van der Waals surface area contributed by atoms with Crippen molar-refractivity contribution < 1.29 is 14.8 Å². The number of hydrogen-bond donors (Lipinski definition) is 3. The van der Waals surface area contributed by atoms with Crippen molar-refractivity contribution in [3.05, 3.63) is 22.4 Å². The summed E-state index contributed by atoms with van der Waals surface area (Å²) in [6, 6.07) is -0.837. The average Bonchev–Trinajstić information content (AvgIpc) is 2.03. The van der Waals surface area contributed by atoms with Crippen LogP contribution in [0.3, 0.4) is 0 Å². The minimum atomic E-state index is -1.07. The largest absolute Gasteiger partial charge is 0.480 e. The standard InChI is InChI=1S/C6H9N3O4/c1-4(6(10)11)8-3-2-5(7)9(12)13/h2-4,7-8H,1H3,(H,10,11)/b3-2-,7-5?/t4-/m0/s1. The summed E-state index contributed by atoms with van der Waals surface area (Å²) < 4.78 is 0. The maximum absolute atomic E-state index is 10.2. The molecule has 0 aliphatic carbocycles. The lowest BCUT2D eigenvalue weighted by Gasteiger charge is -2.03. The van der Waals surface area contributed by atoms with Crippen molar-refractivity contribution in [1.29, 1.82) is 5.41 Å². The van der Waals surface area contributed by atoms with Gasteiger partial charge in [0.15, 0.2) is 0 Å². The van der Waals surface area contributed by atoms with Crippen molar-refractivity contribution in [2.75, 3.05) is 0 Å². The topological polar surface area (TPSA) is 116 Å². The molecule has 3 N–H and O–H groups in total. The fourth-order valence-corrected chi connectivity index (χ4v) is 0.404. The predicted molar refractivity (Wildman–Crippen MR) is 44.1 cm³/mol. The molecule has 13 heavy (non-hydrogen) atoms. The molecule has 0 fully saturated rings. The Balaban J connectivity index is 3.95. The van der Waals surface area contributed by atoms with Gasteiger partial charge in [0.25, 0.3) is 0 Å². The normalized spacial score (nSPS) is 12.4. The molecule has 0 spiro atoms. The molecule has 7 heteroatoms. The molecule has 0 saturated carbocycles. The van der Waals surface area contributed by atoms with Gasteiger partial charge in [-0.1, -0.05) is 5.41 Å². The van der Waals surface area contributed by atoms with E-state index < -0.39 is 22.8 Å². The molecule has 0 unspecified atom stereocenters. The number of rotatable bonds is 4. The van der Waals surface area contributed by atoms with Gasteiger partial charge in [0, 0.05) is 6.20 Å². The molecule has 0 amide bonds. The fraction of sp³-hybridized carbons (Fsp3) is 0.333. The number of carboxylic acid groups (broad SMARTS) is 1. The van der Waals surface area contributed by atoms with Crippen LogP contribution in [-0.2, 0) is 4.79 Å². The number of carbonyl (C=O) groups is 1. The Morgan fingerprint density at radius 1 is 1.77 bits per heavy atom. The minimum absolute atomic E-state index is 0.801. The Bertz CT molecular complexity index is 261. The second-order valence-electron chi connectivity index (χ2n) is 2.20. The van der Waals surface area contributed by atoms with Crippen molar-refractivity contribution in [2.45, 2.75) is 13.0 Å². The molecule has 0 aromatic heterocycles. The van der Waals surface area contributed by atoms with E-state index in [9.17, 15) is 14.9 Å². The fourth-order valence-electron chi connectivity index (χ4n) is 0.404. The Hall–Kier alpha value is -1.92. The molecule has 7 nitrogen and oxygen atoms in total. The van der Waals surface area contributed by atoms with Crippen LogP contribution in [0.25, 0.3) is 0 Å². The summed E-state index contributed by atoms with van der Waals surface area (Å²) in [6.45, 7) is 1.38. The van der Waals surface area contributed by atoms with Gasteiger partial charge in [-0.05, 0) is 11.8 Å². The van der Waals surface area contributed by atoms with E-state index in [-0.39, 0.29) is 0 Å². The number of nitrogens with one attached hydrogen (secondary N) is 2. The molecule has 0 bridgehead atoms. The zero-order valence-electron chi connectivity index (χ0n) is 6.85. The maximum atomic E-state index is 10.2. The Kier molecular flexibility index (Phi) is 4.14. The zero-order chi connectivity index (χ0) is 10.4. The van der Waals surface area contributed by atoms with Crippen LogP contribution in [-0.4, -0.2) is 27.9 Å². The molecular weight excluding hydrogens is 178 g/mol. The van der Waals surface area contributed by atoms with Gasteiger partial charge in [0.2, 0.25) is 0 Å².